The Morgan fingerprint density at radius 1 is 1.18 bits per heavy atom. The molecule has 0 spiro atoms. The molecule has 0 heterocycles. The van der Waals surface area contributed by atoms with Crippen molar-refractivity contribution in [2.75, 3.05) is 0 Å². The van der Waals surface area contributed by atoms with Crippen molar-refractivity contribution < 1.29 is 4.79 Å². The second-order valence-electron chi connectivity index (χ2n) is 5.38. The Balaban J connectivity index is 1.96. The van der Waals surface area contributed by atoms with Crippen LogP contribution in [0.4, 0.5) is 0 Å². The summed E-state index contributed by atoms with van der Waals surface area (Å²) in [5.41, 5.74) is 0. The third-order valence-electron chi connectivity index (χ3n) is 3.65. The van der Waals surface area contributed by atoms with Gasteiger partial charge in [-0.1, -0.05) is 51.2 Å². The van der Waals surface area contributed by atoms with Crippen molar-refractivity contribution >= 4 is 5.78 Å². The average molecular weight is 236 g/mol. The van der Waals surface area contributed by atoms with E-state index in [1.54, 1.807) is 0 Å². The van der Waals surface area contributed by atoms with Gasteiger partial charge in [0.05, 0.1) is 0 Å². The van der Waals surface area contributed by atoms with Gasteiger partial charge in [-0.15, -0.1) is 0 Å². The summed E-state index contributed by atoms with van der Waals surface area (Å²) in [4.78, 5) is 11.3. The molecule has 0 bridgehead atoms. The average Bonchev–Trinajstić information content (AvgIpc) is 2.33. The van der Waals surface area contributed by atoms with Crippen molar-refractivity contribution in [2.45, 2.75) is 77.6 Å². The number of allylic oxidation sites excluding steroid dienone is 2. The minimum atomic E-state index is 0.463. The van der Waals surface area contributed by atoms with Gasteiger partial charge in [-0.3, -0.25) is 4.79 Å². The molecule has 0 aliphatic heterocycles. The summed E-state index contributed by atoms with van der Waals surface area (Å²) >= 11 is 0. The molecule has 0 aromatic heterocycles. The molecule has 0 radical (unpaired) electrons. The van der Waals surface area contributed by atoms with Gasteiger partial charge in [0.1, 0.15) is 5.78 Å². The van der Waals surface area contributed by atoms with Gasteiger partial charge < -0.3 is 0 Å². The Hall–Kier alpha value is -0.590. The van der Waals surface area contributed by atoms with E-state index < -0.39 is 0 Å². The molecule has 0 N–H and O–H groups in total. The van der Waals surface area contributed by atoms with Gasteiger partial charge in [0, 0.05) is 12.8 Å². The first-order valence-corrected chi connectivity index (χ1v) is 7.51. The summed E-state index contributed by atoms with van der Waals surface area (Å²) in [6.45, 7) is 2.26. The normalized spacial score (nSPS) is 21.2. The molecule has 1 nitrogen and oxygen atoms in total. The fourth-order valence-electron chi connectivity index (χ4n) is 2.55. The van der Waals surface area contributed by atoms with Gasteiger partial charge in [-0.25, -0.2) is 0 Å². The van der Waals surface area contributed by atoms with Crippen LogP contribution >= 0.6 is 0 Å². The van der Waals surface area contributed by atoms with E-state index >= 15 is 0 Å². The molecule has 98 valence electrons. The maximum Gasteiger partial charge on any atom is 0.133 e. The van der Waals surface area contributed by atoms with Crippen molar-refractivity contribution in [3.8, 4) is 0 Å². The molecule has 1 rings (SSSR count). The molecular formula is C16H28O. The van der Waals surface area contributed by atoms with Crippen LogP contribution in [0, 0.1) is 5.92 Å². The fraction of sp³-hybridized carbons (Fsp3) is 0.812. The van der Waals surface area contributed by atoms with Gasteiger partial charge in [0.2, 0.25) is 0 Å². The maximum atomic E-state index is 11.3. The molecule has 0 aromatic rings. The Morgan fingerprint density at radius 3 is 2.71 bits per heavy atom. The van der Waals surface area contributed by atoms with E-state index in [4.69, 9.17) is 0 Å². The molecular weight excluding hydrogens is 208 g/mol. The van der Waals surface area contributed by atoms with E-state index in [0.717, 1.165) is 19.3 Å². The van der Waals surface area contributed by atoms with Crippen LogP contribution in [-0.4, -0.2) is 5.78 Å². The smallest absolute Gasteiger partial charge is 0.133 e. The largest absolute Gasteiger partial charge is 0.300 e. The van der Waals surface area contributed by atoms with Crippen molar-refractivity contribution in [3.05, 3.63) is 12.2 Å². The summed E-state index contributed by atoms with van der Waals surface area (Å²) in [6.07, 6.45) is 18.0. The van der Waals surface area contributed by atoms with Crippen LogP contribution in [0.25, 0.3) is 0 Å². The van der Waals surface area contributed by atoms with Gasteiger partial charge in [-0.05, 0) is 31.6 Å². The Morgan fingerprint density at radius 2 is 1.94 bits per heavy atom. The first-order valence-electron chi connectivity index (χ1n) is 7.51. The fourth-order valence-corrected chi connectivity index (χ4v) is 2.55. The Bertz CT molecular complexity index is 230. The lowest BCUT2D eigenvalue weighted by atomic mass is 9.88. The highest BCUT2D eigenvalue weighted by atomic mass is 16.1. The molecule has 1 saturated carbocycles. The molecule has 0 saturated heterocycles. The predicted molar refractivity (Wildman–Crippen MR) is 74.1 cm³/mol. The van der Waals surface area contributed by atoms with Crippen molar-refractivity contribution in [2.24, 2.45) is 5.92 Å². The van der Waals surface area contributed by atoms with Crippen LogP contribution in [0.2, 0.25) is 0 Å². The molecule has 1 aliphatic carbocycles. The number of Topliss-reactive ketones (excluding diaryl/α,β-unsaturated/α-hetero) is 1. The summed E-state index contributed by atoms with van der Waals surface area (Å²) in [7, 11) is 0. The Kier molecular flexibility index (Phi) is 8.04. The van der Waals surface area contributed by atoms with Crippen molar-refractivity contribution in [1.82, 2.24) is 0 Å². The van der Waals surface area contributed by atoms with E-state index in [1.807, 2.05) is 0 Å². The van der Waals surface area contributed by atoms with Gasteiger partial charge in [0.25, 0.3) is 0 Å². The molecule has 1 aliphatic rings. The molecule has 1 heteroatoms. The molecule has 1 fully saturated rings. The monoisotopic (exact) mass is 236 g/mol. The highest BCUT2D eigenvalue weighted by Gasteiger charge is 2.16. The zero-order valence-corrected chi connectivity index (χ0v) is 11.4. The summed E-state index contributed by atoms with van der Waals surface area (Å²) < 4.78 is 0. The maximum absolute atomic E-state index is 11.3. The van der Waals surface area contributed by atoms with E-state index in [2.05, 4.69) is 19.1 Å². The number of unbranched alkanes of at least 4 members (excludes halogenated alkanes) is 6. The highest BCUT2D eigenvalue weighted by molar-refractivity contribution is 5.79. The summed E-state index contributed by atoms with van der Waals surface area (Å²) in [6, 6.07) is 0. The number of hydrogen-bond donors (Lipinski definition) is 0. The quantitative estimate of drug-likeness (QED) is 0.425. The lowest BCUT2D eigenvalue weighted by Crippen LogP contribution is -2.12. The number of hydrogen-bond acceptors (Lipinski definition) is 1. The lowest BCUT2D eigenvalue weighted by molar-refractivity contribution is -0.121. The summed E-state index contributed by atoms with van der Waals surface area (Å²) in [5.74, 6) is 1.02. The Labute approximate surface area is 107 Å². The zero-order valence-electron chi connectivity index (χ0n) is 11.4. The standard InChI is InChI=1S/C16H28O/c1-2-3-4-5-6-7-8-9-11-15-12-10-13-16(17)14-15/h9,11,15H,2-8,10,12-14H2,1H3/b11-9+. The number of carbonyl (C=O) groups excluding carboxylic acids is 1. The lowest BCUT2D eigenvalue weighted by Gasteiger charge is -2.16. The predicted octanol–water partition coefficient (Wildman–Crippen LogP) is 5.05. The van der Waals surface area contributed by atoms with Gasteiger partial charge in [0.15, 0.2) is 0 Å². The number of rotatable bonds is 8. The highest BCUT2D eigenvalue weighted by Crippen LogP contribution is 2.22. The minimum absolute atomic E-state index is 0.463. The number of carbonyl (C=O) groups is 1. The first kappa shape index (κ1) is 14.5. The zero-order chi connectivity index (χ0) is 12.3. The van der Waals surface area contributed by atoms with E-state index in [-0.39, 0.29) is 0 Å². The SMILES string of the molecule is CCCCCCCC/C=C/C1CCCC(=O)C1. The molecule has 0 aromatic carbocycles. The molecule has 1 unspecified atom stereocenters. The second kappa shape index (κ2) is 9.44. The van der Waals surface area contributed by atoms with Crippen molar-refractivity contribution in [1.29, 1.82) is 0 Å². The summed E-state index contributed by atoms with van der Waals surface area (Å²) in [5, 5.41) is 0. The molecule has 0 amide bonds. The van der Waals surface area contributed by atoms with Crippen LogP contribution in [0.15, 0.2) is 12.2 Å². The third-order valence-corrected chi connectivity index (χ3v) is 3.65. The minimum Gasteiger partial charge on any atom is -0.300 e. The first-order chi connectivity index (χ1) is 8.33. The van der Waals surface area contributed by atoms with Crippen LogP contribution < -0.4 is 0 Å². The van der Waals surface area contributed by atoms with Crippen LogP contribution in [0.5, 0.6) is 0 Å². The van der Waals surface area contributed by atoms with E-state index in [1.165, 1.54) is 51.4 Å². The van der Waals surface area contributed by atoms with Crippen LogP contribution in [0.3, 0.4) is 0 Å². The van der Waals surface area contributed by atoms with E-state index in [0.29, 0.717) is 11.7 Å². The van der Waals surface area contributed by atoms with E-state index in [9.17, 15) is 4.79 Å². The van der Waals surface area contributed by atoms with Gasteiger partial charge >= 0.3 is 0 Å². The third kappa shape index (κ3) is 7.36. The van der Waals surface area contributed by atoms with Gasteiger partial charge in [-0.2, -0.15) is 0 Å². The topological polar surface area (TPSA) is 17.1 Å². The van der Waals surface area contributed by atoms with Crippen LogP contribution in [0.1, 0.15) is 77.6 Å². The molecule has 1 atom stereocenters. The second-order valence-corrected chi connectivity index (χ2v) is 5.38. The number of ketones is 1. The van der Waals surface area contributed by atoms with Crippen molar-refractivity contribution in [3.63, 3.8) is 0 Å². The molecule has 17 heavy (non-hydrogen) atoms. The van der Waals surface area contributed by atoms with Crippen LogP contribution in [-0.2, 0) is 4.79 Å².